The van der Waals surface area contributed by atoms with Crippen LogP contribution in [0.1, 0.15) is 49.9 Å². The highest BCUT2D eigenvalue weighted by atomic mass is 16.5. The lowest BCUT2D eigenvalue weighted by molar-refractivity contribution is 0.485. The summed E-state index contributed by atoms with van der Waals surface area (Å²) in [5.41, 5.74) is 20.7. The van der Waals surface area contributed by atoms with Crippen LogP contribution in [0.5, 0.6) is 11.5 Å². The topological polar surface area (TPSA) is 33.5 Å². The van der Waals surface area contributed by atoms with Crippen LogP contribution in [-0.2, 0) is 10.8 Å². The van der Waals surface area contributed by atoms with Crippen molar-refractivity contribution < 1.29 is 4.74 Å². The average molecular weight is 993 g/mol. The fourth-order valence-corrected chi connectivity index (χ4v) is 12.3. The fraction of sp³-hybridized carbons (Fsp3) is 0.0972. The zero-order valence-corrected chi connectivity index (χ0v) is 43.7. The number of anilines is 4. The molecule has 14 rings (SSSR count). The van der Waals surface area contributed by atoms with E-state index in [0.717, 1.165) is 67.3 Å². The number of nitrogens with zero attached hydrogens (tertiary/aromatic N) is 4. The second kappa shape index (κ2) is 18.1. The van der Waals surface area contributed by atoms with Crippen LogP contribution in [0.4, 0.5) is 22.7 Å². The monoisotopic (exact) mass is 992 g/mol. The van der Waals surface area contributed by atoms with Gasteiger partial charge in [0.15, 0.2) is 0 Å². The van der Waals surface area contributed by atoms with Crippen molar-refractivity contribution in [2.45, 2.75) is 38.5 Å². The molecule has 370 valence electrons. The molecule has 1 aliphatic carbocycles. The molecule has 3 heterocycles. The molecule has 0 spiro atoms. The minimum Gasteiger partial charge on any atom is -0.457 e. The van der Waals surface area contributed by atoms with E-state index in [9.17, 15) is 0 Å². The van der Waals surface area contributed by atoms with Gasteiger partial charge < -0.3 is 14.5 Å². The summed E-state index contributed by atoms with van der Waals surface area (Å²) in [7, 11) is 0. The van der Waals surface area contributed by atoms with Gasteiger partial charge in [0, 0.05) is 56.9 Å². The summed E-state index contributed by atoms with van der Waals surface area (Å²) in [5, 5.41) is 2.28. The Bertz CT molecular complexity index is 4120. The first-order valence-corrected chi connectivity index (χ1v) is 26.7. The van der Waals surface area contributed by atoms with E-state index in [2.05, 4.69) is 291 Å². The molecule has 2 aromatic heterocycles. The van der Waals surface area contributed by atoms with Crippen molar-refractivity contribution in [3.05, 3.63) is 277 Å². The molecule has 2 aliphatic rings. The van der Waals surface area contributed by atoms with Gasteiger partial charge >= 0.3 is 0 Å². The highest BCUT2D eigenvalue weighted by Crippen LogP contribution is 2.54. The highest BCUT2D eigenvalue weighted by molar-refractivity contribution is 6.11. The molecule has 1 aliphatic heterocycles. The maximum absolute atomic E-state index is 7.28. The van der Waals surface area contributed by atoms with Crippen LogP contribution in [0, 0.1) is 0 Å². The summed E-state index contributed by atoms with van der Waals surface area (Å²) < 4.78 is 9.60. The molecule has 5 heteroatoms. The van der Waals surface area contributed by atoms with E-state index in [0.29, 0.717) is 6.67 Å². The largest absolute Gasteiger partial charge is 0.457 e. The molecule has 0 unspecified atom stereocenters. The number of hydrogen-bond donors (Lipinski definition) is 0. The van der Waals surface area contributed by atoms with E-state index in [-0.39, 0.29) is 10.8 Å². The predicted octanol–water partition coefficient (Wildman–Crippen LogP) is 18.9. The lowest BCUT2D eigenvalue weighted by Crippen LogP contribution is -2.25. The van der Waals surface area contributed by atoms with Crippen molar-refractivity contribution in [3.63, 3.8) is 0 Å². The van der Waals surface area contributed by atoms with Gasteiger partial charge in [0.2, 0.25) is 0 Å². The first-order valence-electron chi connectivity index (χ1n) is 26.7. The number of pyridine rings is 1. The van der Waals surface area contributed by atoms with E-state index >= 15 is 0 Å². The van der Waals surface area contributed by atoms with Gasteiger partial charge in [-0.1, -0.05) is 197 Å². The molecule has 12 aromatic rings. The molecule has 10 aromatic carbocycles. The van der Waals surface area contributed by atoms with E-state index in [1.807, 2.05) is 6.20 Å². The van der Waals surface area contributed by atoms with Gasteiger partial charge in [-0.3, -0.25) is 4.57 Å². The van der Waals surface area contributed by atoms with Crippen LogP contribution in [0.3, 0.4) is 0 Å². The first-order chi connectivity index (χ1) is 37.7. The predicted molar refractivity (Wildman–Crippen MR) is 320 cm³/mol. The zero-order chi connectivity index (χ0) is 51.8. The van der Waals surface area contributed by atoms with Gasteiger partial charge in [-0.2, -0.15) is 0 Å². The Morgan fingerprint density at radius 2 is 1.01 bits per heavy atom. The second-order valence-electron chi connectivity index (χ2n) is 21.7. The third-order valence-electron chi connectivity index (χ3n) is 16.2. The Balaban J connectivity index is 0.893. The quantitative estimate of drug-likeness (QED) is 0.144. The first kappa shape index (κ1) is 46.1. The van der Waals surface area contributed by atoms with Crippen molar-refractivity contribution in [3.8, 4) is 61.8 Å². The van der Waals surface area contributed by atoms with Gasteiger partial charge in [-0.15, -0.1) is 0 Å². The lowest BCUT2D eigenvalue weighted by atomic mass is 9.74. The van der Waals surface area contributed by atoms with Gasteiger partial charge in [0.1, 0.15) is 24.0 Å². The highest BCUT2D eigenvalue weighted by Gasteiger charge is 2.41. The Labute approximate surface area is 450 Å². The number of hydrogen-bond acceptors (Lipinski definition) is 4. The molecule has 0 N–H and O–H groups in total. The van der Waals surface area contributed by atoms with Gasteiger partial charge in [-0.25, -0.2) is 4.98 Å². The summed E-state index contributed by atoms with van der Waals surface area (Å²) in [6, 6.07) is 90.0. The van der Waals surface area contributed by atoms with Crippen LogP contribution >= 0.6 is 0 Å². The van der Waals surface area contributed by atoms with Crippen molar-refractivity contribution >= 4 is 44.6 Å². The molecule has 0 saturated heterocycles. The molecule has 5 nitrogen and oxygen atoms in total. The summed E-state index contributed by atoms with van der Waals surface area (Å²) >= 11 is 0. The number of para-hydroxylation sites is 3. The van der Waals surface area contributed by atoms with Gasteiger partial charge in [0.25, 0.3) is 0 Å². The molecular weight excluding hydrogens is 937 g/mol. The molecule has 0 bridgehead atoms. The van der Waals surface area contributed by atoms with Gasteiger partial charge in [0.05, 0.1) is 28.1 Å². The minimum absolute atomic E-state index is 0.0704. The Morgan fingerprint density at radius 1 is 0.455 bits per heavy atom. The smallest absolute Gasteiger partial charge is 0.137 e. The van der Waals surface area contributed by atoms with Crippen LogP contribution in [0.2, 0.25) is 0 Å². The van der Waals surface area contributed by atoms with Crippen molar-refractivity contribution in [2.75, 3.05) is 16.5 Å². The fourth-order valence-electron chi connectivity index (χ4n) is 12.3. The van der Waals surface area contributed by atoms with Crippen molar-refractivity contribution in [2.24, 2.45) is 0 Å². The molecule has 0 atom stereocenters. The maximum Gasteiger partial charge on any atom is 0.137 e. The summed E-state index contributed by atoms with van der Waals surface area (Å²) in [5.74, 6) is 2.36. The van der Waals surface area contributed by atoms with Crippen molar-refractivity contribution in [1.82, 2.24) is 9.55 Å². The average Bonchev–Trinajstić information content (AvgIpc) is 4.33. The molecule has 0 amide bonds. The SMILES string of the molecule is CC(C)(C)c1cc(-c2ccccc2)c(N2CN(c3cccc(Oc4cc5c(cc4-c4ccccc4)c4ccccc4n5-c4cc(C5(C)c6ccccc6-c6ccccc65)ccn4)c3)c3ccccc32)c(-c2ccccc2)c1. The number of benzene rings is 10. The van der Waals surface area contributed by atoms with Crippen LogP contribution in [-0.4, -0.2) is 16.2 Å². The van der Waals surface area contributed by atoms with Gasteiger partial charge in [-0.05, 0) is 123 Å². The Kier molecular flexibility index (Phi) is 10.9. The summed E-state index contributed by atoms with van der Waals surface area (Å²) in [4.78, 5) is 10.1. The zero-order valence-electron chi connectivity index (χ0n) is 43.7. The van der Waals surface area contributed by atoms with E-state index in [1.54, 1.807) is 0 Å². The molecule has 0 saturated carbocycles. The molecule has 0 radical (unpaired) electrons. The molecule has 77 heavy (non-hydrogen) atoms. The Morgan fingerprint density at radius 3 is 1.65 bits per heavy atom. The van der Waals surface area contributed by atoms with E-state index in [1.165, 1.54) is 61.3 Å². The number of ether oxygens (including phenoxy) is 1. The van der Waals surface area contributed by atoms with E-state index < -0.39 is 0 Å². The lowest BCUT2D eigenvalue weighted by Gasteiger charge is -2.30. The van der Waals surface area contributed by atoms with Crippen LogP contribution in [0.15, 0.2) is 255 Å². The maximum atomic E-state index is 7.28. The standard InChI is InChI=1S/C72H56N4O/c1-71(2,3)52-41-59(49-25-10-6-11-26-49)70(60(42-52)50-27-12-7-13-28-50)75-47-74(65-37-20-21-38-66(65)75)53-29-22-30-54(44-53)77-68-46-67-61(45-58(68)48-23-8-5-9-24-48)57-33-16-19-36-64(57)76(67)69-43-51(39-40-73-69)72(4)62-34-17-14-31-55(62)56-32-15-18-35-63(56)72/h5-46H,47H2,1-4H3. The van der Waals surface area contributed by atoms with Crippen LogP contribution in [0.25, 0.3) is 72.1 Å². The summed E-state index contributed by atoms with van der Waals surface area (Å²) in [6.45, 7) is 9.88. The summed E-state index contributed by atoms with van der Waals surface area (Å²) in [6.07, 6.45) is 1.98. The Hall–Kier alpha value is -9.45. The normalized spacial score (nSPS) is 13.5. The number of rotatable bonds is 9. The van der Waals surface area contributed by atoms with Crippen LogP contribution < -0.4 is 14.5 Å². The minimum atomic E-state index is -0.373. The van der Waals surface area contributed by atoms with Crippen molar-refractivity contribution in [1.29, 1.82) is 0 Å². The third kappa shape index (κ3) is 7.64. The number of fused-ring (bicyclic) bond motifs is 7. The molecule has 0 fully saturated rings. The molecular formula is C72H56N4O. The number of aromatic nitrogens is 2. The van der Waals surface area contributed by atoms with E-state index in [4.69, 9.17) is 9.72 Å². The second-order valence-corrected chi connectivity index (χ2v) is 21.7. The third-order valence-corrected chi connectivity index (χ3v) is 16.2.